The SMILES string of the molecule is Cc1c(Cl)[nH]c(=O)n(Cc2ccc(C(=O)O)cc2)c1=O. The highest BCUT2D eigenvalue weighted by molar-refractivity contribution is 6.30. The van der Waals surface area contributed by atoms with Gasteiger partial charge in [-0.25, -0.2) is 9.59 Å². The van der Waals surface area contributed by atoms with Crippen LogP contribution in [0.3, 0.4) is 0 Å². The van der Waals surface area contributed by atoms with E-state index in [1.807, 2.05) is 0 Å². The van der Waals surface area contributed by atoms with E-state index in [9.17, 15) is 14.4 Å². The Hall–Kier alpha value is -2.34. The number of benzene rings is 1. The first-order chi connectivity index (χ1) is 9.40. The molecule has 104 valence electrons. The zero-order chi connectivity index (χ0) is 14.9. The zero-order valence-corrected chi connectivity index (χ0v) is 11.3. The molecular formula is C13H11ClN2O4. The standard InChI is InChI=1S/C13H11ClN2O4/c1-7-10(14)15-13(20)16(11(7)17)6-8-2-4-9(5-3-8)12(18)19/h2-5H,6H2,1H3,(H,15,20)(H,18,19). The van der Waals surface area contributed by atoms with E-state index in [1.165, 1.54) is 19.1 Å². The van der Waals surface area contributed by atoms with Gasteiger partial charge in [-0.05, 0) is 24.6 Å². The number of nitrogens with one attached hydrogen (secondary N) is 1. The lowest BCUT2D eigenvalue weighted by Crippen LogP contribution is -2.36. The van der Waals surface area contributed by atoms with Crippen LogP contribution in [0.1, 0.15) is 21.5 Å². The van der Waals surface area contributed by atoms with Gasteiger partial charge in [0.15, 0.2) is 0 Å². The summed E-state index contributed by atoms with van der Waals surface area (Å²) in [6, 6.07) is 5.94. The molecule has 2 N–H and O–H groups in total. The van der Waals surface area contributed by atoms with Gasteiger partial charge in [-0.15, -0.1) is 0 Å². The molecule has 0 spiro atoms. The van der Waals surface area contributed by atoms with Crippen molar-refractivity contribution in [2.75, 3.05) is 0 Å². The van der Waals surface area contributed by atoms with Crippen molar-refractivity contribution < 1.29 is 9.90 Å². The maximum atomic E-state index is 12.0. The smallest absolute Gasteiger partial charge is 0.335 e. The van der Waals surface area contributed by atoms with Gasteiger partial charge in [0.2, 0.25) is 0 Å². The Morgan fingerprint density at radius 1 is 1.30 bits per heavy atom. The molecular weight excluding hydrogens is 284 g/mol. The summed E-state index contributed by atoms with van der Waals surface area (Å²) in [4.78, 5) is 36.8. The third-order valence-corrected chi connectivity index (χ3v) is 3.28. The first-order valence-corrected chi connectivity index (χ1v) is 6.09. The van der Waals surface area contributed by atoms with E-state index in [-0.39, 0.29) is 22.8 Å². The van der Waals surface area contributed by atoms with Crippen LogP contribution in [0.4, 0.5) is 0 Å². The summed E-state index contributed by atoms with van der Waals surface area (Å²) < 4.78 is 1.01. The highest BCUT2D eigenvalue weighted by Crippen LogP contribution is 2.07. The van der Waals surface area contributed by atoms with Crippen molar-refractivity contribution in [3.8, 4) is 0 Å². The lowest BCUT2D eigenvalue weighted by atomic mass is 10.1. The Kier molecular flexibility index (Phi) is 3.76. The number of aromatic nitrogens is 2. The van der Waals surface area contributed by atoms with Gasteiger partial charge in [0, 0.05) is 5.56 Å². The minimum atomic E-state index is -1.03. The average molecular weight is 295 g/mol. The van der Waals surface area contributed by atoms with Crippen molar-refractivity contribution >= 4 is 17.6 Å². The molecule has 0 atom stereocenters. The summed E-state index contributed by atoms with van der Waals surface area (Å²) in [5.41, 5.74) is -0.0333. The lowest BCUT2D eigenvalue weighted by Gasteiger charge is -2.07. The maximum Gasteiger partial charge on any atom is 0.335 e. The summed E-state index contributed by atoms with van der Waals surface area (Å²) in [6.45, 7) is 1.57. The molecule has 7 heteroatoms. The topological polar surface area (TPSA) is 92.2 Å². The number of carboxylic acids is 1. The summed E-state index contributed by atoms with van der Waals surface area (Å²) >= 11 is 5.72. The predicted molar refractivity (Wildman–Crippen MR) is 73.6 cm³/mol. The van der Waals surface area contributed by atoms with Crippen molar-refractivity contribution in [1.82, 2.24) is 9.55 Å². The monoisotopic (exact) mass is 294 g/mol. The van der Waals surface area contributed by atoms with Gasteiger partial charge in [0.1, 0.15) is 5.15 Å². The molecule has 1 heterocycles. The molecule has 2 rings (SSSR count). The van der Waals surface area contributed by atoms with Crippen LogP contribution in [0.25, 0.3) is 0 Å². The van der Waals surface area contributed by atoms with E-state index < -0.39 is 17.2 Å². The van der Waals surface area contributed by atoms with Crippen molar-refractivity contribution in [3.05, 3.63) is 66.9 Å². The second kappa shape index (κ2) is 5.34. The van der Waals surface area contributed by atoms with Gasteiger partial charge in [-0.1, -0.05) is 23.7 Å². The van der Waals surface area contributed by atoms with Crippen LogP contribution >= 0.6 is 11.6 Å². The number of rotatable bonds is 3. The molecule has 0 fully saturated rings. The normalized spacial score (nSPS) is 10.5. The highest BCUT2D eigenvalue weighted by atomic mass is 35.5. The average Bonchev–Trinajstić information content (AvgIpc) is 2.42. The maximum absolute atomic E-state index is 12.0. The number of halogens is 1. The van der Waals surface area contributed by atoms with E-state index in [2.05, 4.69) is 4.98 Å². The van der Waals surface area contributed by atoms with Gasteiger partial charge in [-0.2, -0.15) is 0 Å². The molecule has 20 heavy (non-hydrogen) atoms. The largest absolute Gasteiger partial charge is 0.478 e. The van der Waals surface area contributed by atoms with Crippen LogP contribution in [-0.2, 0) is 6.54 Å². The van der Waals surface area contributed by atoms with Gasteiger partial charge in [-0.3, -0.25) is 14.3 Å². The molecule has 1 aromatic heterocycles. The van der Waals surface area contributed by atoms with Crippen LogP contribution in [0.2, 0.25) is 5.15 Å². The zero-order valence-electron chi connectivity index (χ0n) is 10.5. The Morgan fingerprint density at radius 3 is 2.45 bits per heavy atom. The van der Waals surface area contributed by atoms with Crippen LogP contribution in [0.15, 0.2) is 33.9 Å². The van der Waals surface area contributed by atoms with Gasteiger partial charge in [0.05, 0.1) is 12.1 Å². The van der Waals surface area contributed by atoms with E-state index in [0.29, 0.717) is 5.56 Å². The molecule has 0 unspecified atom stereocenters. The third-order valence-electron chi connectivity index (χ3n) is 2.90. The number of carboxylic acid groups (broad SMARTS) is 1. The van der Waals surface area contributed by atoms with Gasteiger partial charge >= 0.3 is 11.7 Å². The Labute approximate surface area is 118 Å². The molecule has 0 saturated carbocycles. The summed E-state index contributed by atoms with van der Waals surface area (Å²) in [5, 5.41) is 8.82. The number of aromatic amines is 1. The molecule has 0 aliphatic heterocycles. The van der Waals surface area contributed by atoms with E-state index >= 15 is 0 Å². The molecule has 6 nitrogen and oxygen atoms in total. The van der Waals surface area contributed by atoms with Crippen molar-refractivity contribution in [3.63, 3.8) is 0 Å². The molecule has 0 radical (unpaired) electrons. The van der Waals surface area contributed by atoms with Gasteiger partial charge in [0.25, 0.3) is 5.56 Å². The Bertz CT molecular complexity index is 774. The van der Waals surface area contributed by atoms with E-state index in [1.54, 1.807) is 12.1 Å². The first kappa shape index (κ1) is 14.1. The molecule has 0 bridgehead atoms. The van der Waals surface area contributed by atoms with E-state index in [0.717, 1.165) is 4.57 Å². The van der Waals surface area contributed by atoms with Crippen molar-refractivity contribution in [1.29, 1.82) is 0 Å². The molecule has 0 aliphatic carbocycles. The molecule has 0 saturated heterocycles. The summed E-state index contributed by atoms with van der Waals surface area (Å²) in [6.07, 6.45) is 0. The second-order valence-corrected chi connectivity index (χ2v) is 4.64. The third kappa shape index (κ3) is 2.65. The van der Waals surface area contributed by atoms with Crippen LogP contribution < -0.4 is 11.2 Å². The van der Waals surface area contributed by atoms with Crippen LogP contribution in [-0.4, -0.2) is 20.6 Å². The fourth-order valence-electron chi connectivity index (χ4n) is 1.72. The van der Waals surface area contributed by atoms with Crippen LogP contribution in [0, 0.1) is 6.92 Å². The minimum absolute atomic E-state index is 0.0254. The number of nitrogens with zero attached hydrogens (tertiary/aromatic N) is 1. The number of hydrogen-bond donors (Lipinski definition) is 2. The number of hydrogen-bond acceptors (Lipinski definition) is 3. The second-order valence-electron chi connectivity index (χ2n) is 4.26. The van der Waals surface area contributed by atoms with Gasteiger partial charge < -0.3 is 5.11 Å². The first-order valence-electron chi connectivity index (χ1n) is 5.71. The Morgan fingerprint density at radius 2 is 1.90 bits per heavy atom. The molecule has 1 aromatic carbocycles. The highest BCUT2D eigenvalue weighted by Gasteiger charge is 2.09. The van der Waals surface area contributed by atoms with E-state index in [4.69, 9.17) is 16.7 Å². The van der Waals surface area contributed by atoms with Crippen molar-refractivity contribution in [2.24, 2.45) is 0 Å². The summed E-state index contributed by atoms with van der Waals surface area (Å²) in [5.74, 6) is -1.03. The van der Waals surface area contributed by atoms with Crippen LogP contribution in [0.5, 0.6) is 0 Å². The predicted octanol–water partition coefficient (Wildman–Crippen LogP) is 1.24. The fraction of sp³-hybridized carbons (Fsp3) is 0.154. The minimum Gasteiger partial charge on any atom is -0.478 e. The quantitative estimate of drug-likeness (QED) is 0.833. The Balaban J connectivity index is 2.40. The number of H-pyrrole nitrogens is 1. The van der Waals surface area contributed by atoms with Crippen molar-refractivity contribution in [2.45, 2.75) is 13.5 Å². The number of aromatic carboxylic acids is 1. The fourth-order valence-corrected chi connectivity index (χ4v) is 1.88. The summed E-state index contributed by atoms with van der Waals surface area (Å²) in [7, 11) is 0. The molecule has 0 amide bonds. The molecule has 2 aromatic rings. The molecule has 0 aliphatic rings. The number of carbonyl (C=O) groups is 1. The lowest BCUT2D eigenvalue weighted by molar-refractivity contribution is 0.0697.